The predicted molar refractivity (Wildman–Crippen MR) is 202 cm³/mol. The highest BCUT2D eigenvalue weighted by Gasteiger charge is 2.17. The summed E-state index contributed by atoms with van der Waals surface area (Å²) in [4.78, 5) is 3.77. The number of hydrogen-bond donors (Lipinski definition) is 0. The zero-order valence-electron chi connectivity index (χ0n) is 26.7. The average Bonchev–Trinajstić information content (AvgIpc) is 3.69. The Morgan fingerprint density at radius 3 is 1.68 bits per heavy atom. The van der Waals surface area contributed by atoms with Crippen molar-refractivity contribution in [1.29, 1.82) is 10.5 Å². The molecule has 9 rings (SSSR count). The Morgan fingerprint density at radius 2 is 1.04 bits per heavy atom. The molecule has 0 aliphatic carbocycles. The molecule has 0 N–H and O–H groups in total. The molecule has 2 aromatic heterocycles. The third kappa shape index (κ3) is 4.45. The maximum atomic E-state index is 9.62. The Bertz CT molecular complexity index is 2960. The van der Waals surface area contributed by atoms with E-state index in [-0.39, 0.29) is 0 Å². The summed E-state index contributed by atoms with van der Waals surface area (Å²) in [5.74, 6) is 0. The van der Waals surface area contributed by atoms with Gasteiger partial charge in [0.25, 0.3) is 0 Å². The summed E-state index contributed by atoms with van der Waals surface area (Å²) >= 11 is 0. The summed E-state index contributed by atoms with van der Waals surface area (Å²) in [6.45, 7) is 7.78. The molecule has 0 atom stereocenters. The van der Waals surface area contributed by atoms with E-state index in [0.29, 0.717) is 16.8 Å². The molecular weight excluding hydrogens is 611 g/mol. The van der Waals surface area contributed by atoms with Crippen LogP contribution in [-0.2, 0) is 0 Å². The molecule has 50 heavy (non-hydrogen) atoms. The number of fused-ring (bicyclic) bond motifs is 6. The van der Waals surface area contributed by atoms with Gasteiger partial charge in [0.15, 0.2) is 5.69 Å². The summed E-state index contributed by atoms with van der Waals surface area (Å²) in [7, 11) is 0. The fourth-order valence-electron chi connectivity index (χ4n) is 7.31. The number of para-hydroxylation sites is 2. The van der Waals surface area contributed by atoms with E-state index in [1.165, 1.54) is 0 Å². The first-order chi connectivity index (χ1) is 24.6. The average molecular weight is 636 g/mol. The van der Waals surface area contributed by atoms with E-state index in [9.17, 15) is 10.5 Å². The Labute approximate surface area is 288 Å². The van der Waals surface area contributed by atoms with Crippen LogP contribution in [-0.4, -0.2) is 9.13 Å². The van der Waals surface area contributed by atoms with Crippen molar-refractivity contribution in [3.8, 4) is 45.8 Å². The Kier molecular flexibility index (Phi) is 6.56. The monoisotopic (exact) mass is 635 g/mol. The highest BCUT2D eigenvalue weighted by Crippen LogP contribution is 2.39. The van der Waals surface area contributed by atoms with E-state index >= 15 is 0 Å². The first-order valence-electron chi connectivity index (χ1n) is 16.2. The molecule has 0 fully saturated rings. The standard InChI is InChI=1S/C45H25N5/c1-48-34-19-20-36(45(26-34)50-42-12-5-3-10-38(42)40-24-30(28-47)14-22-44(40)50)32-17-15-31(16-18-32)33-7-6-8-35(25-33)49-41-11-4-2-9-37(41)39-23-29(27-46)13-21-43(39)49/h2-26H. The summed E-state index contributed by atoms with van der Waals surface area (Å²) in [5, 5.41) is 23.4. The maximum absolute atomic E-state index is 9.62. The first kappa shape index (κ1) is 28.8. The Hall–Kier alpha value is -7.39. The van der Waals surface area contributed by atoms with E-state index < -0.39 is 0 Å². The molecule has 0 saturated carbocycles. The number of hydrogen-bond acceptors (Lipinski definition) is 2. The number of nitrogens with zero attached hydrogens (tertiary/aromatic N) is 5. The first-order valence-corrected chi connectivity index (χ1v) is 16.2. The summed E-state index contributed by atoms with van der Waals surface area (Å²) in [6, 6.07) is 55.8. The van der Waals surface area contributed by atoms with Crippen LogP contribution >= 0.6 is 0 Å². The second-order valence-corrected chi connectivity index (χ2v) is 12.3. The van der Waals surface area contributed by atoms with Crippen molar-refractivity contribution in [2.24, 2.45) is 0 Å². The van der Waals surface area contributed by atoms with Crippen LogP contribution in [0.5, 0.6) is 0 Å². The van der Waals surface area contributed by atoms with Crippen molar-refractivity contribution < 1.29 is 0 Å². The van der Waals surface area contributed by atoms with Gasteiger partial charge in [0.05, 0.1) is 51.9 Å². The van der Waals surface area contributed by atoms with Gasteiger partial charge < -0.3 is 9.13 Å². The van der Waals surface area contributed by atoms with Gasteiger partial charge in [-0.05, 0) is 83.4 Å². The van der Waals surface area contributed by atoms with Crippen molar-refractivity contribution >= 4 is 49.3 Å². The van der Waals surface area contributed by atoms with Gasteiger partial charge in [-0.15, -0.1) is 0 Å². The maximum Gasteiger partial charge on any atom is 0.189 e. The quantitative estimate of drug-likeness (QED) is 0.181. The van der Waals surface area contributed by atoms with E-state index in [0.717, 1.165) is 77.2 Å². The van der Waals surface area contributed by atoms with Crippen LogP contribution in [0.4, 0.5) is 5.69 Å². The molecule has 0 spiro atoms. The van der Waals surface area contributed by atoms with E-state index in [2.05, 4.69) is 98.9 Å². The van der Waals surface area contributed by atoms with E-state index in [1.807, 2.05) is 78.9 Å². The van der Waals surface area contributed by atoms with Gasteiger partial charge in [-0.25, -0.2) is 4.85 Å². The lowest BCUT2D eigenvalue weighted by atomic mass is 9.98. The molecule has 0 radical (unpaired) electrons. The number of nitriles is 2. The molecule has 2 heterocycles. The van der Waals surface area contributed by atoms with Crippen LogP contribution in [0.3, 0.4) is 0 Å². The van der Waals surface area contributed by atoms with Gasteiger partial charge in [0.2, 0.25) is 0 Å². The molecule has 9 aromatic rings. The van der Waals surface area contributed by atoms with Crippen LogP contribution in [0.2, 0.25) is 0 Å². The molecule has 0 aliphatic rings. The summed E-state index contributed by atoms with van der Waals surface area (Å²) in [5.41, 5.74) is 12.1. The normalized spacial score (nSPS) is 11.1. The van der Waals surface area contributed by atoms with Gasteiger partial charge in [0, 0.05) is 38.5 Å². The Morgan fingerprint density at radius 1 is 0.460 bits per heavy atom. The zero-order valence-corrected chi connectivity index (χ0v) is 26.7. The number of rotatable bonds is 4. The molecule has 7 aromatic carbocycles. The number of aromatic nitrogens is 2. The van der Waals surface area contributed by atoms with Gasteiger partial charge in [-0.3, -0.25) is 0 Å². The second-order valence-electron chi connectivity index (χ2n) is 12.3. The molecule has 0 aliphatic heterocycles. The van der Waals surface area contributed by atoms with Crippen molar-refractivity contribution in [3.63, 3.8) is 0 Å². The largest absolute Gasteiger partial charge is 0.310 e. The summed E-state index contributed by atoms with van der Waals surface area (Å²) < 4.78 is 4.47. The molecule has 5 nitrogen and oxygen atoms in total. The van der Waals surface area contributed by atoms with Gasteiger partial charge in [0.1, 0.15) is 0 Å². The van der Waals surface area contributed by atoms with Crippen LogP contribution in [0.15, 0.2) is 152 Å². The highest BCUT2D eigenvalue weighted by molar-refractivity contribution is 6.11. The topological polar surface area (TPSA) is 61.8 Å². The molecule has 230 valence electrons. The third-order valence-corrected chi connectivity index (χ3v) is 9.59. The molecule has 0 bridgehead atoms. The lowest BCUT2D eigenvalue weighted by molar-refractivity contribution is 1.18. The lowest BCUT2D eigenvalue weighted by Gasteiger charge is -2.15. The van der Waals surface area contributed by atoms with E-state index in [4.69, 9.17) is 6.57 Å². The smallest absolute Gasteiger partial charge is 0.189 e. The fourth-order valence-corrected chi connectivity index (χ4v) is 7.31. The van der Waals surface area contributed by atoms with Crippen molar-refractivity contribution in [1.82, 2.24) is 9.13 Å². The minimum absolute atomic E-state index is 0.561. The van der Waals surface area contributed by atoms with Crippen LogP contribution in [0.25, 0.3) is 82.1 Å². The lowest BCUT2D eigenvalue weighted by Crippen LogP contribution is -1.97. The number of benzene rings is 7. The van der Waals surface area contributed by atoms with Gasteiger partial charge in [-0.2, -0.15) is 10.5 Å². The molecule has 0 amide bonds. The highest BCUT2D eigenvalue weighted by atomic mass is 15.0. The molecule has 5 heteroatoms. The van der Waals surface area contributed by atoms with Gasteiger partial charge in [-0.1, -0.05) is 84.9 Å². The third-order valence-electron chi connectivity index (χ3n) is 9.59. The van der Waals surface area contributed by atoms with Crippen molar-refractivity contribution in [2.75, 3.05) is 0 Å². The Balaban J connectivity index is 1.16. The summed E-state index contributed by atoms with van der Waals surface area (Å²) in [6.07, 6.45) is 0. The minimum Gasteiger partial charge on any atom is -0.310 e. The minimum atomic E-state index is 0.561. The zero-order chi connectivity index (χ0) is 33.8. The van der Waals surface area contributed by atoms with Crippen molar-refractivity contribution in [3.05, 3.63) is 174 Å². The fraction of sp³-hybridized carbons (Fsp3) is 0. The second kappa shape index (κ2) is 11.4. The van der Waals surface area contributed by atoms with Crippen LogP contribution in [0, 0.1) is 29.2 Å². The van der Waals surface area contributed by atoms with Crippen LogP contribution < -0.4 is 0 Å². The van der Waals surface area contributed by atoms with Crippen molar-refractivity contribution in [2.45, 2.75) is 0 Å². The van der Waals surface area contributed by atoms with Crippen LogP contribution in [0.1, 0.15) is 11.1 Å². The molecule has 0 saturated heterocycles. The molecule has 0 unspecified atom stereocenters. The molecular formula is C45H25N5. The van der Waals surface area contributed by atoms with Gasteiger partial charge >= 0.3 is 0 Å². The predicted octanol–water partition coefficient (Wildman–Crippen LogP) is 11.5. The SMILES string of the molecule is [C-]#[N+]c1ccc(-c2ccc(-c3cccc(-n4c5ccccc5c5cc(C#N)ccc54)c3)cc2)c(-n2c3ccccc3c3cc(C#N)ccc32)c1. The van der Waals surface area contributed by atoms with E-state index in [1.54, 1.807) is 0 Å².